The predicted octanol–water partition coefficient (Wildman–Crippen LogP) is 14.5. The summed E-state index contributed by atoms with van der Waals surface area (Å²) in [5.41, 5.74) is 9.70. The second-order valence-corrected chi connectivity index (χ2v) is 14.8. The van der Waals surface area contributed by atoms with Gasteiger partial charge in [-0.1, -0.05) is 200 Å². The van der Waals surface area contributed by atoms with E-state index in [4.69, 9.17) is 15.0 Å². The zero-order valence-corrected chi connectivity index (χ0v) is 31.5. The van der Waals surface area contributed by atoms with Crippen molar-refractivity contribution in [3.63, 3.8) is 0 Å². The third kappa shape index (κ3) is 5.89. The average molecular weight is 738 g/mol. The lowest BCUT2D eigenvalue weighted by atomic mass is 9.87. The average Bonchev–Trinajstić information content (AvgIpc) is 3.32. The van der Waals surface area contributed by atoms with Crippen LogP contribution in [0.25, 0.3) is 111 Å². The number of benzene rings is 10. The van der Waals surface area contributed by atoms with Gasteiger partial charge in [-0.25, -0.2) is 15.0 Å². The highest BCUT2D eigenvalue weighted by atomic mass is 15.0. The highest BCUT2D eigenvalue weighted by molar-refractivity contribution is 6.33. The molecule has 0 amide bonds. The normalized spacial score (nSPS) is 11.4. The van der Waals surface area contributed by atoms with E-state index >= 15 is 0 Å². The molecule has 0 saturated heterocycles. The van der Waals surface area contributed by atoms with E-state index in [1.54, 1.807) is 0 Å². The number of rotatable bonds is 6. The third-order valence-corrected chi connectivity index (χ3v) is 11.3. The van der Waals surface area contributed by atoms with Gasteiger partial charge >= 0.3 is 0 Å². The molecule has 0 atom stereocenters. The first kappa shape index (κ1) is 33.6. The summed E-state index contributed by atoms with van der Waals surface area (Å²) >= 11 is 0. The van der Waals surface area contributed by atoms with Crippen molar-refractivity contribution in [2.24, 2.45) is 0 Å². The Hall–Kier alpha value is -7.75. The first-order valence-electron chi connectivity index (χ1n) is 19.7. The Morgan fingerprint density at radius 3 is 1.09 bits per heavy atom. The molecule has 11 aromatic rings. The fraction of sp³-hybridized carbons (Fsp3) is 0. The van der Waals surface area contributed by atoms with Gasteiger partial charge in [0, 0.05) is 16.7 Å². The molecular weight excluding hydrogens is 703 g/mol. The van der Waals surface area contributed by atoms with E-state index in [1.807, 2.05) is 12.1 Å². The molecule has 0 unspecified atom stereocenters. The smallest absolute Gasteiger partial charge is 0.164 e. The van der Waals surface area contributed by atoms with Gasteiger partial charge in [-0.15, -0.1) is 0 Å². The van der Waals surface area contributed by atoms with Gasteiger partial charge in [0.25, 0.3) is 0 Å². The molecule has 0 aliphatic heterocycles. The molecule has 3 nitrogen and oxygen atoms in total. The summed E-state index contributed by atoms with van der Waals surface area (Å²) < 4.78 is 0. The zero-order valence-electron chi connectivity index (χ0n) is 31.5. The molecule has 1 aromatic heterocycles. The van der Waals surface area contributed by atoms with Crippen LogP contribution in [0.5, 0.6) is 0 Å². The predicted molar refractivity (Wildman–Crippen MR) is 242 cm³/mol. The van der Waals surface area contributed by atoms with Crippen molar-refractivity contribution in [3.8, 4) is 67.5 Å². The van der Waals surface area contributed by atoms with E-state index in [9.17, 15) is 0 Å². The van der Waals surface area contributed by atoms with Crippen molar-refractivity contribution < 1.29 is 0 Å². The SMILES string of the molecule is c1ccc(-c2ccc(-c3nc(-c4ccc(-c5ccccc5)cc4)nc(-c4cccc(-c5cc6c7ccccc7c7ccccc7c6c6ccccc56)c4)n3)cc2)cc1. The summed E-state index contributed by atoms with van der Waals surface area (Å²) in [4.78, 5) is 15.4. The molecule has 3 heteroatoms. The fourth-order valence-electron chi connectivity index (χ4n) is 8.48. The maximum atomic E-state index is 5.17. The first-order valence-corrected chi connectivity index (χ1v) is 19.7. The molecule has 0 aliphatic carbocycles. The van der Waals surface area contributed by atoms with Gasteiger partial charge in [-0.05, 0) is 88.6 Å². The van der Waals surface area contributed by atoms with Crippen LogP contribution in [0.4, 0.5) is 0 Å². The molecular formula is C55H35N3. The monoisotopic (exact) mass is 737 g/mol. The van der Waals surface area contributed by atoms with Gasteiger partial charge in [0.2, 0.25) is 0 Å². The summed E-state index contributed by atoms with van der Waals surface area (Å²) in [6.45, 7) is 0. The fourth-order valence-corrected chi connectivity index (χ4v) is 8.48. The lowest BCUT2D eigenvalue weighted by molar-refractivity contribution is 1.07. The van der Waals surface area contributed by atoms with E-state index in [1.165, 1.54) is 59.8 Å². The largest absolute Gasteiger partial charge is 0.208 e. The number of hydrogen-bond acceptors (Lipinski definition) is 3. The standard InChI is InChI=1S/C55H35N3/c1-3-14-36(15-4-1)38-26-30-40(31-27-38)53-56-54(41-32-28-39(29-33-41)37-16-5-2-6-17-37)58-55(57-53)43-19-13-18-42(34-43)50-35-51-46-22-8-7-20-44(46)45-21-9-11-24-48(45)52(51)49-25-12-10-23-47(49)50/h1-35H. The van der Waals surface area contributed by atoms with Crippen LogP contribution in [0.3, 0.4) is 0 Å². The van der Waals surface area contributed by atoms with E-state index in [2.05, 4.69) is 200 Å². The summed E-state index contributed by atoms with van der Waals surface area (Å²) in [6.07, 6.45) is 0. The van der Waals surface area contributed by atoms with Crippen molar-refractivity contribution in [3.05, 3.63) is 212 Å². The van der Waals surface area contributed by atoms with Gasteiger partial charge in [-0.2, -0.15) is 0 Å². The van der Waals surface area contributed by atoms with Crippen LogP contribution in [0.2, 0.25) is 0 Å². The van der Waals surface area contributed by atoms with Crippen molar-refractivity contribution >= 4 is 43.1 Å². The molecule has 11 rings (SSSR count). The molecule has 0 radical (unpaired) electrons. The zero-order chi connectivity index (χ0) is 38.4. The van der Waals surface area contributed by atoms with E-state index in [-0.39, 0.29) is 0 Å². The molecule has 1 heterocycles. The molecule has 0 fully saturated rings. The molecule has 0 spiro atoms. The van der Waals surface area contributed by atoms with Crippen LogP contribution >= 0.6 is 0 Å². The van der Waals surface area contributed by atoms with Crippen molar-refractivity contribution in [2.45, 2.75) is 0 Å². The van der Waals surface area contributed by atoms with Gasteiger partial charge in [0.1, 0.15) is 0 Å². The topological polar surface area (TPSA) is 38.7 Å². The molecule has 0 saturated carbocycles. The van der Waals surface area contributed by atoms with Gasteiger partial charge < -0.3 is 0 Å². The van der Waals surface area contributed by atoms with E-state index in [0.29, 0.717) is 17.5 Å². The number of fused-ring (bicyclic) bond motifs is 8. The van der Waals surface area contributed by atoms with Crippen LogP contribution < -0.4 is 0 Å². The van der Waals surface area contributed by atoms with E-state index < -0.39 is 0 Å². The lowest BCUT2D eigenvalue weighted by Crippen LogP contribution is -2.00. The van der Waals surface area contributed by atoms with Crippen molar-refractivity contribution in [1.29, 1.82) is 0 Å². The molecule has 0 aliphatic rings. The minimum atomic E-state index is 0.627. The Kier molecular flexibility index (Phi) is 8.15. The third-order valence-electron chi connectivity index (χ3n) is 11.3. The summed E-state index contributed by atoms with van der Waals surface area (Å²) in [5.74, 6) is 1.89. The number of aromatic nitrogens is 3. The maximum absolute atomic E-state index is 5.17. The summed E-state index contributed by atoms with van der Waals surface area (Å²) in [7, 11) is 0. The minimum Gasteiger partial charge on any atom is -0.208 e. The quantitative estimate of drug-likeness (QED) is 0.160. The Morgan fingerprint density at radius 2 is 0.552 bits per heavy atom. The molecule has 10 aromatic carbocycles. The highest BCUT2D eigenvalue weighted by Gasteiger charge is 2.17. The molecule has 58 heavy (non-hydrogen) atoms. The first-order chi connectivity index (χ1) is 28.7. The lowest BCUT2D eigenvalue weighted by Gasteiger charge is -2.16. The Bertz CT molecular complexity index is 3200. The second kappa shape index (κ2) is 14.1. The van der Waals surface area contributed by atoms with Gasteiger partial charge in [0.15, 0.2) is 17.5 Å². The number of hydrogen-bond donors (Lipinski definition) is 0. The van der Waals surface area contributed by atoms with E-state index in [0.717, 1.165) is 33.4 Å². The molecule has 0 N–H and O–H groups in total. The molecule has 0 bridgehead atoms. The minimum absolute atomic E-state index is 0.627. The van der Waals surface area contributed by atoms with Gasteiger partial charge in [-0.3, -0.25) is 0 Å². The van der Waals surface area contributed by atoms with Crippen LogP contribution in [-0.4, -0.2) is 15.0 Å². The maximum Gasteiger partial charge on any atom is 0.164 e. The Labute approximate surface area is 336 Å². The van der Waals surface area contributed by atoms with Crippen molar-refractivity contribution in [1.82, 2.24) is 15.0 Å². The highest BCUT2D eigenvalue weighted by Crippen LogP contribution is 2.43. The van der Waals surface area contributed by atoms with Crippen LogP contribution in [-0.2, 0) is 0 Å². The molecule has 270 valence electrons. The van der Waals surface area contributed by atoms with Crippen LogP contribution in [0, 0.1) is 0 Å². The summed E-state index contributed by atoms with van der Waals surface area (Å²) in [6, 6.07) is 75.3. The summed E-state index contributed by atoms with van der Waals surface area (Å²) in [5, 5.41) is 10.0. The van der Waals surface area contributed by atoms with Crippen LogP contribution in [0.1, 0.15) is 0 Å². The van der Waals surface area contributed by atoms with Crippen molar-refractivity contribution in [2.75, 3.05) is 0 Å². The Morgan fingerprint density at radius 1 is 0.207 bits per heavy atom. The van der Waals surface area contributed by atoms with Gasteiger partial charge in [0.05, 0.1) is 0 Å². The number of nitrogens with zero attached hydrogens (tertiary/aromatic N) is 3. The van der Waals surface area contributed by atoms with Crippen LogP contribution in [0.15, 0.2) is 212 Å². The Balaban J connectivity index is 1.08. The second-order valence-electron chi connectivity index (χ2n) is 14.8.